The molecule has 0 fully saturated rings. The van der Waals surface area contributed by atoms with E-state index in [9.17, 15) is 4.79 Å². The predicted molar refractivity (Wildman–Crippen MR) is 122 cm³/mol. The number of hydrogen-bond acceptors (Lipinski definition) is 6. The maximum Gasteiger partial charge on any atom is 0.240 e. The Morgan fingerprint density at radius 2 is 1.93 bits per heavy atom. The first-order valence-corrected chi connectivity index (χ1v) is 10.7. The van der Waals surface area contributed by atoms with Crippen LogP contribution in [0.2, 0.25) is 0 Å². The highest BCUT2D eigenvalue weighted by atomic mass is 32.1. The zero-order chi connectivity index (χ0) is 21.3. The van der Waals surface area contributed by atoms with Gasteiger partial charge in [0.1, 0.15) is 11.5 Å². The summed E-state index contributed by atoms with van der Waals surface area (Å²) in [4.78, 5) is 18.9. The number of ether oxygens (including phenoxy) is 2. The van der Waals surface area contributed by atoms with Crippen molar-refractivity contribution in [1.29, 1.82) is 0 Å². The molecular formula is C23H27N3O3S. The van der Waals surface area contributed by atoms with E-state index in [4.69, 9.17) is 9.47 Å². The Labute approximate surface area is 181 Å². The number of hydrogen-bond donors (Lipinski definition) is 1. The van der Waals surface area contributed by atoms with E-state index in [1.54, 1.807) is 14.2 Å². The van der Waals surface area contributed by atoms with Gasteiger partial charge in [0.15, 0.2) is 5.13 Å². The Bertz CT molecular complexity index is 959. The number of nitrogens with zero attached hydrogens (tertiary/aromatic N) is 2. The zero-order valence-electron chi connectivity index (χ0n) is 17.6. The lowest BCUT2D eigenvalue weighted by atomic mass is 10.1. The van der Waals surface area contributed by atoms with Crippen molar-refractivity contribution in [1.82, 2.24) is 9.88 Å². The second kappa shape index (κ2) is 10.8. The van der Waals surface area contributed by atoms with E-state index in [-0.39, 0.29) is 5.91 Å². The van der Waals surface area contributed by atoms with Crippen molar-refractivity contribution >= 4 is 22.4 Å². The maximum atomic E-state index is 12.4. The molecule has 0 aliphatic heterocycles. The number of nitrogens with one attached hydrogen (secondary N) is 1. The summed E-state index contributed by atoms with van der Waals surface area (Å²) in [5, 5.41) is 5.37. The number of thiazole rings is 1. The van der Waals surface area contributed by atoms with Gasteiger partial charge in [0.25, 0.3) is 0 Å². The van der Waals surface area contributed by atoms with Gasteiger partial charge in [-0.25, -0.2) is 4.98 Å². The Balaban J connectivity index is 1.51. The minimum absolute atomic E-state index is 0.0696. The number of benzene rings is 2. The number of carbonyl (C=O) groups excluding carboxylic acids is 1. The molecule has 2 aromatic carbocycles. The molecule has 30 heavy (non-hydrogen) atoms. The Morgan fingerprint density at radius 3 is 2.67 bits per heavy atom. The minimum Gasteiger partial charge on any atom is -0.497 e. The van der Waals surface area contributed by atoms with Crippen LogP contribution in [0, 0.1) is 0 Å². The number of carbonyl (C=O) groups is 1. The number of rotatable bonds is 10. The maximum absolute atomic E-state index is 12.4. The summed E-state index contributed by atoms with van der Waals surface area (Å²) >= 11 is 1.40. The first kappa shape index (κ1) is 21.8. The van der Waals surface area contributed by atoms with E-state index in [0.29, 0.717) is 17.4 Å². The lowest BCUT2D eigenvalue weighted by Crippen LogP contribution is -2.31. The van der Waals surface area contributed by atoms with Gasteiger partial charge in [0, 0.05) is 17.0 Å². The van der Waals surface area contributed by atoms with Crippen LogP contribution in [-0.2, 0) is 11.2 Å². The minimum atomic E-state index is -0.0696. The van der Waals surface area contributed by atoms with Crippen LogP contribution >= 0.6 is 11.3 Å². The van der Waals surface area contributed by atoms with Crippen molar-refractivity contribution in [3.05, 3.63) is 59.5 Å². The van der Waals surface area contributed by atoms with Crippen LogP contribution in [0.3, 0.4) is 0 Å². The molecule has 158 valence electrons. The molecule has 0 saturated carbocycles. The molecule has 3 aromatic rings. The summed E-state index contributed by atoms with van der Waals surface area (Å²) in [6, 6.07) is 16.0. The number of anilines is 1. The molecule has 7 heteroatoms. The van der Waals surface area contributed by atoms with Gasteiger partial charge in [-0.15, -0.1) is 11.3 Å². The molecule has 0 saturated heterocycles. The topological polar surface area (TPSA) is 63.7 Å². The third-order valence-electron chi connectivity index (χ3n) is 4.70. The van der Waals surface area contributed by atoms with Gasteiger partial charge >= 0.3 is 0 Å². The van der Waals surface area contributed by atoms with Gasteiger partial charge in [-0.05, 0) is 44.1 Å². The highest BCUT2D eigenvalue weighted by molar-refractivity contribution is 7.14. The fourth-order valence-electron chi connectivity index (χ4n) is 3.15. The molecule has 6 nitrogen and oxygen atoms in total. The molecule has 0 radical (unpaired) electrons. The molecule has 0 bridgehead atoms. The van der Waals surface area contributed by atoms with E-state index in [1.807, 2.05) is 41.6 Å². The van der Waals surface area contributed by atoms with E-state index in [0.717, 1.165) is 36.4 Å². The normalized spacial score (nSPS) is 10.8. The smallest absolute Gasteiger partial charge is 0.240 e. The molecule has 0 aliphatic rings. The number of amides is 1. The first-order valence-electron chi connectivity index (χ1n) is 9.79. The Kier molecular flexibility index (Phi) is 7.82. The van der Waals surface area contributed by atoms with Crippen molar-refractivity contribution in [2.24, 2.45) is 0 Å². The fourth-order valence-corrected chi connectivity index (χ4v) is 3.87. The van der Waals surface area contributed by atoms with Gasteiger partial charge < -0.3 is 14.8 Å². The van der Waals surface area contributed by atoms with Crippen molar-refractivity contribution in [3.63, 3.8) is 0 Å². The molecule has 3 rings (SSSR count). The van der Waals surface area contributed by atoms with Gasteiger partial charge in [-0.3, -0.25) is 9.69 Å². The Hall–Kier alpha value is -2.90. The van der Waals surface area contributed by atoms with Gasteiger partial charge in [-0.1, -0.05) is 30.3 Å². The average molecular weight is 426 g/mol. The summed E-state index contributed by atoms with van der Waals surface area (Å²) in [6.07, 6.45) is 2.01. The average Bonchev–Trinajstić information content (AvgIpc) is 3.21. The van der Waals surface area contributed by atoms with Crippen molar-refractivity contribution in [2.75, 3.05) is 39.7 Å². The van der Waals surface area contributed by atoms with Crippen LogP contribution in [0.15, 0.2) is 53.9 Å². The molecule has 1 N–H and O–H groups in total. The van der Waals surface area contributed by atoms with Crippen LogP contribution in [0.4, 0.5) is 5.13 Å². The molecule has 1 amide bonds. The molecule has 0 unspecified atom stereocenters. The van der Waals surface area contributed by atoms with Gasteiger partial charge in [-0.2, -0.15) is 0 Å². The van der Waals surface area contributed by atoms with Gasteiger partial charge in [0.05, 0.1) is 26.5 Å². The van der Waals surface area contributed by atoms with Crippen molar-refractivity contribution < 1.29 is 14.3 Å². The Morgan fingerprint density at radius 1 is 1.13 bits per heavy atom. The SMILES string of the molecule is COc1ccc(-c2csc(NC(=O)CN(C)CCCc3ccccc3)n2)c(OC)c1. The standard InChI is InChI=1S/C23H27N3O3S/c1-26(13-7-10-17-8-5-4-6-9-17)15-22(27)25-23-24-20(16-30-23)19-12-11-18(28-2)14-21(19)29-3/h4-6,8-9,11-12,14,16H,7,10,13,15H2,1-3H3,(H,24,25,27). The molecule has 1 heterocycles. The predicted octanol–water partition coefficient (Wildman–Crippen LogP) is 4.33. The van der Waals surface area contributed by atoms with Crippen LogP contribution in [0.5, 0.6) is 11.5 Å². The summed E-state index contributed by atoms with van der Waals surface area (Å²) < 4.78 is 10.7. The number of methoxy groups -OCH3 is 2. The lowest BCUT2D eigenvalue weighted by Gasteiger charge is -2.15. The number of aryl methyl sites for hydroxylation is 1. The van der Waals surface area contributed by atoms with E-state index >= 15 is 0 Å². The number of likely N-dealkylation sites (N-methyl/N-ethyl adjacent to an activating group) is 1. The third-order valence-corrected chi connectivity index (χ3v) is 5.45. The van der Waals surface area contributed by atoms with Crippen LogP contribution in [0.1, 0.15) is 12.0 Å². The second-order valence-corrected chi connectivity index (χ2v) is 7.84. The molecular weight excluding hydrogens is 398 g/mol. The van der Waals surface area contributed by atoms with Crippen LogP contribution in [-0.4, -0.2) is 50.1 Å². The van der Waals surface area contributed by atoms with Crippen LogP contribution < -0.4 is 14.8 Å². The summed E-state index contributed by atoms with van der Waals surface area (Å²) in [5.41, 5.74) is 2.93. The van der Waals surface area contributed by atoms with Crippen LogP contribution in [0.25, 0.3) is 11.3 Å². The summed E-state index contributed by atoms with van der Waals surface area (Å²) in [7, 11) is 5.19. The van der Waals surface area contributed by atoms with E-state index < -0.39 is 0 Å². The van der Waals surface area contributed by atoms with E-state index in [2.05, 4.69) is 34.6 Å². The monoisotopic (exact) mass is 425 g/mol. The first-order chi connectivity index (χ1) is 14.6. The number of aromatic nitrogens is 1. The molecule has 1 aromatic heterocycles. The molecule has 0 spiro atoms. The molecule has 0 atom stereocenters. The highest BCUT2D eigenvalue weighted by Gasteiger charge is 2.13. The summed E-state index contributed by atoms with van der Waals surface area (Å²) in [6.45, 7) is 1.18. The quantitative estimate of drug-likeness (QED) is 0.524. The summed E-state index contributed by atoms with van der Waals surface area (Å²) in [5.74, 6) is 1.32. The highest BCUT2D eigenvalue weighted by Crippen LogP contribution is 2.34. The second-order valence-electron chi connectivity index (χ2n) is 6.98. The molecule has 0 aliphatic carbocycles. The van der Waals surface area contributed by atoms with Gasteiger partial charge in [0.2, 0.25) is 5.91 Å². The lowest BCUT2D eigenvalue weighted by molar-refractivity contribution is -0.117. The van der Waals surface area contributed by atoms with E-state index in [1.165, 1.54) is 16.9 Å². The van der Waals surface area contributed by atoms with Crippen molar-refractivity contribution in [2.45, 2.75) is 12.8 Å². The zero-order valence-corrected chi connectivity index (χ0v) is 18.4. The third kappa shape index (κ3) is 6.05. The largest absolute Gasteiger partial charge is 0.497 e. The fraction of sp³-hybridized carbons (Fsp3) is 0.304. The van der Waals surface area contributed by atoms with Crippen molar-refractivity contribution in [3.8, 4) is 22.8 Å².